The summed E-state index contributed by atoms with van der Waals surface area (Å²) in [6, 6.07) is 10.3. The molecule has 1 aromatic carbocycles. The zero-order chi connectivity index (χ0) is 17.0. The van der Waals surface area contributed by atoms with Gasteiger partial charge in [0, 0.05) is 6.21 Å². The Morgan fingerprint density at radius 3 is 2.48 bits per heavy atom. The molecule has 0 spiro atoms. The third kappa shape index (κ3) is 4.52. The van der Waals surface area contributed by atoms with Gasteiger partial charge in [-0.05, 0) is 42.0 Å². The van der Waals surface area contributed by atoms with Crippen molar-refractivity contribution in [3.05, 3.63) is 51.9 Å². The summed E-state index contributed by atoms with van der Waals surface area (Å²) in [7, 11) is 0. The smallest absolute Gasteiger partial charge is 0.348 e. The maximum absolute atomic E-state index is 11.8. The van der Waals surface area contributed by atoms with E-state index < -0.39 is 0 Å². The minimum absolute atomic E-state index is 0.148. The number of hydrogen-bond donors (Lipinski definition) is 0. The Bertz CT molecular complexity index is 706. The number of hydrogen-bond acceptors (Lipinski definition) is 4. The van der Waals surface area contributed by atoms with Crippen LogP contribution in [0.3, 0.4) is 0 Å². The molecule has 0 aliphatic carbocycles. The van der Waals surface area contributed by atoms with Crippen LogP contribution in [-0.2, 0) is 10.2 Å². The van der Waals surface area contributed by atoms with E-state index in [4.69, 9.17) is 4.74 Å². The zero-order valence-corrected chi connectivity index (χ0v) is 15.2. The molecule has 0 aliphatic heterocycles. The number of aliphatic imine (C=N–C) groups is 1. The first-order valence-electron chi connectivity index (χ1n) is 7.73. The van der Waals surface area contributed by atoms with Gasteiger partial charge in [0.05, 0.1) is 6.61 Å². The van der Waals surface area contributed by atoms with E-state index in [-0.39, 0.29) is 11.4 Å². The lowest BCUT2D eigenvalue weighted by Gasteiger charge is -2.18. The monoisotopic (exact) mass is 329 g/mol. The second-order valence-electron chi connectivity index (χ2n) is 6.45. The van der Waals surface area contributed by atoms with Crippen molar-refractivity contribution in [3.63, 3.8) is 0 Å². The molecule has 122 valence electrons. The van der Waals surface area contributed by atoms with Gasteiger partial charge in [-0.3, -0.25) is 0 Å². The average molecular weight is 329 g/mol. The molecular weight excluding hydrogens is 306 g/mol. The van der Waals surface area contributed by atoms with Crippen molar-refractivity contribution < 1.29 is 9.53 Å². The van der Waals surface area contributed by atoms with E-state index in [1.807, 2.05) is 19.2 Å². The van der Waals surface area contributed by atoms with Crippen molar-refractivity contribution in [1.29, 1.82) is 0 Å². The number of ether oxygens (including phenoxy) is 1. The average Bonchev–Trinajstić information content (AvgIpc) is 2.86. The van der Waals surface area contributed by atoms with E-state index in [1.54, 1.807) is 6.92 Å². The van der Waals surface area contributed by atoms with Gasteiger partial charge in [-0.15, -0.1) is 11.3 Å². The van der Waals surface area contributed by atoms with Gasteiger partial charge in [0.1, 0.15) is 9.88 Å². The molecule has 0 atom stereocenters. The highest BCUT2D eigenvalue weighted by atomic mass is 32.1. The number of carbonyl (C=O) groups excluding carboxylic acids is 1. The van der Waals surface area contributed by atoms with Gasteiger partial charge in [-0.25, -0.2) is 9.79 Å². The highest BCUT2D eigenvalue weighted by Gasteiger charge is 2.14. The molecule has 0 radical (unpaired) electrons. The summed E-state index contributed by atoms with van der Waals surface area (Å²) in [5.74, 6) is -0.272. The van der Waals surface area contributed by atoms with Crippen molar-refractivity contribution in [1.82, 2.24) is 0 Å². The lowest BCUT2D eigenvalue weighted by molar-refractivity contribution is 0.0531. The van der Waals surface area contributed by atoms with Gasteiger partial charge in [0.2, 0.25) is 0 Å². The van der Waals surface area contributed by atoms with E-state index in [0.29, 0.717) is 11.5 Å². The Kier molecular flexibility index (Phi) is 5.37. The molecule has 0 aliphatic rings. The molecule has 1 aromatic heterocycles. The minimum atomic E-state index is -0.272. The second kappa shape index (κ2) is 7.09. The normalized spacial score (nSPS) is 11.9. The van der Waals surface area contributed by atoms with Crippen LogP contribution in [0.2, 0.25) is 0 Å². The fourth-order valence-corrected chi connectivity index (χ4v) is 3.05. The number of carbonyl (C=O) groups is 1. The van der Waals surface area contributed by atoms with Crippen molar-refractivity contribution in [3.8, 4) is 0 Å². The minimum Gasteiger partial charge on any atom is -0.462 e. The molecule has 23 heavy (non-hydrogen) atoms. The number of benzene rings is 1. The molecule has 0 fully saturated rings. The SMILES string of the molecule is CCOC(=O)c1sc(N=Cc2ccc(C(C)(C)C)cc2)cc1C. The molecule has 0 saturated carbocycles. The highest BCUT2D eigenvalue weighted by molar-refractivity contribution is 7.17. The summed E-state index contributed by atoms with van der Waals surface area (Å²) >= 11 is 1.36. The van der Waals surface area contributed by atoms with Crippen LogP contribution >= 0.6 is 11.3 Å². The molecule has 2 rings (SSSR count). The molecule has 0 N–H and O–H groups in total. The summed E-state index contributed by atoms with van der Waals surface area (Å²) in [6.45, 7) is 10.7. The second-order valence-corrected chi connectivity index (χ2v) is 7.48. The molecule has 0 unspecified atom stereocenters. The van der Waals surface area contributed by atoms with Gasteiger partial charge >= 0.3 is 5.97 Å². The van der Waals surface area contributed by atoms with Crippen LogP contribution in [0.15, 0.2) is 35.3 Å². The van der Waals surface area contributed by atoms with Gasteiger partial charge in [-0.2, -0.15) is 0 Å². The highest BCUT2D eigenvalue weighted by Crippen LogP contribution is 2.29. The summed E-state index contributed by atoms with van der Waals surface area (Å²) < 4.78 is 5.05. The Morgan fingerprint density at radius 1 is 1.26 bits per heavy atom. The quantitative estimate of drug-likeness (QED) is 0.565. The molecule has 1 heterocycles. The molecule has 0 amide bonds. The van der Waals surface area contributed by atoms with Gasteiger partial charge in [0.15, 0.2) is 0 Å². The number of thiophene rings is 1. The van der Waals surface area contributed by atoms with Crippen molar-refractivity contribution >= 4 is 28.5 Å². The first-order valence-corrected chi connectivity index (χ1v) is 8.55. The Labute approximate surface area is 142 Å². The van der Waals surface area contributed by atoms with E-state index >= 15 is 0 Å². The summed E-state index contributed by atoms with van der Waals surface area (Å²) in [4.78, 5) is 16.9. The lowest BCUT2D eigenvalue weighted by Crippen LogP contribution is -2.10. The standard InChI is InChI=1S/C19H23NO2S/c1-6-22-18(21)17-13(2)11-16(23-17)20-12-14-7-9-15(10-8-14)19(3,4)5/h7-12H,6H2,1-5H3. The molecule has 3 nitrogen and oxygen atoms in total. The number of nitrogens with zero attached hydrogens (tertiary/aromatic N) is 1. The maximum Gasteiger partial charge on any atom is 0.348 e. The largest absolute Gasteiger partial charge is 0.462 e. The van der Waals surface area contributed by atoms with E-state index in [1.165, 1.54) is 16.9 Å². The van der Waals surface area contributed by atoms with Crippen LogP contribution in [0.25, 0.3) is 0 Å². The predicted molar refractivity (Wildman–Crippen MR) is 97.4 cm³/mol. The van der Waals surface area contributed by atoms with Gasteiger partial charge < -0.3 is 4.74 Å². The Morgan fingerprint density at radius 2 is 1.91 bits per heavy atom. The fourth-order valence-electron chi connectivity index (χ4n) is 2.14. The lowest BCUT2D eigenvalue weighted by atomic mass is 9.87. The van der Waals surface area contributed by atoms with Gasteiger partial charge in [0.25, 0.3) is 0 Å². The summed E-state index contributed by atoms with van der Waals surface area (Å²) in [6.07, 6.45) is 1.83. The number of rotatable bonds is 4. The van der Waals surface area contributed by atoms with E-state index in [9.17, 15) is 4.79 Å². The van der Waals surface area contributed by atoms with Crippen molar-refractivity contribution in [2.75, 3.05) is 6.61 Å². The van der Waals surface area contributed by atoms with Crippen LogP contribution < -0.4 is 0 Å². The maximum atomic E-state index is 11.8. The third-order valence-corrected chi connectivity index (χ3v) is 4.61. The number of aryl methyl sites for hydroxylation is 1. The summed E-state index contributed by atoms with van der Waals surface area (Å²) in [5.41, 5.74) is 3.39. The first-order chi connectivity index (χ1) is 10.8. The fraction of sp³-hybridized carbons (Fsp3) is 0.368. The predicted octanol–water partition coefficient (Wildman–Crippen LogP) is 5.28. The van der Waals surface area contributed by atoms with Crippen LogP contribution in [0.4, 0.5) is 5.00 Å². The zero-order valence-electron chi connectivity index (χ0n) is 14.3. The molecule has 2 aromatic rings. The van der Waals surface area contributed by atoms with Crippen molar-refractivity contribution in [2.45, 2.75) is 40.0 Å². The van der Waals surface area contributed by atoms with Crippen LogP contribution in [0, 0.1) is 6.92 Å². The Balaban J connectivity index is 2.14. The van der Waals surface area contributed by atoms with E-state index in [2.05, 4.69) is 50.0 Å². The molecule has 0 saturated heterocycles. The van der Waals surface area contributed by atoms with Crippen molar-refractivity contribution in [2.24, 2.45) is 4.99 Å². The van der Waals surface area contributed by atoms with Crippen LogP contribution in [0.1, 0.15) is 54.1 Å². The molecule has 0 bridgehead atoms. The molecule has 4 heteroatoms. The Hall–Kier alpha value is -1.94. The molecular formula is C19H23NO2S. The third-order valence-electron chi connectivity index (χ3n) is 3.48. The van der Waals surface area contributed by atoms with E-state index in [0.717, 1.165) is 16.1 Å². The first kappa shape index (κ1) is 17.4. The summed E-state index contributed by atoms with van der Waals surface area (Å²) in [5, 5.41) is 0.811. The van der Waals surface area contributed by atoms with Gasteiger partial charge in [-0.1, -0.05) is 45.0 Å². The van der Waals surface area contributed by atoms with Crippen LogP contribution in [-0.4, -0.2) is 18.8 Å². The topological polar surface area (TPSA) is 38.7 Å². The number of esters is 1. The van der Waals surface area contributed by atoms with Crippen LogP contribution in [0.5, 0.6) is 0 Å².